The molecule has 10 N–H and O–H groups in total. The fourth-order valence-corrected chi connectivity index (χ4v) is 2.83. The van der Waals surface area contributed by atoms with Crippen LogP contribution in [0.25, 0.3) is 0 Å². The Morgan fingerprint density at radius 1 is 1.40 bits per heavy atom. The van der Waals surface area contributed by atoms with Crippen molar-refractivity contribution >= 4 is 19.8 Å². The largest absolute Gasteiger partial charge is 0.480 e. The molecule has 1 rings (SSSR count). The minimum atomic E-state index is -4.99. The smallest absolute Gasteiger partial charge is 0.470 e. The third-order valence-corrected chi connectivity index (χ3v) is 3.90. The number of nitrogens with zero attached hydrogens (tertiary/aromatic N) is 1. The van der Waals surface area contributed by atoms with E-state index in [9.17, 15) is 19.6 Å². The Labute approximate surface area is 142 Å². The molecular weight excluding hydrogens is 363 g/mol. The number of aliphatic hydroxyl groups excluding tert-OH is 2. The fourth-order valence-electron chi connectivity index (χ4n) is 2.28. The van der Waals surface area contributed by atoms with Crippen LogP contribution in [0.1, 0.15) is 12.8 Å². The van der Waals surface area contributed by atoms with Crippen molar-refractivity contribution in [2.24, 2.45) is 16.5 Å². The van der Waals surface area contributed by atoms with E-state index >= 15 is 0 Å². The van der Waals surface area contributed by atoms with Crippen LogP contribution in [0.4, 0.5) is 0 Å². The van der Waals surface area contributed by atoms with Crippen LogP contribution >= 0.6 is 7.82 Å². The minimum absolute atomic E-state index is 0.0640. The molecule has 1 fully saturated rings. The number of carbonyl (C=O) groups is 1. The number of aliphatic imine (C=N–C) groups is 1. The van der Waals surface area contributed by atoms with Gasteiger partial charge in [0.2, 0.25) is 0 Å². The molecule has 14 heteroatoms. The normalized spacial score (nSPS) is 27.8. The summed E-state index contributed by atoms with van der Waals surface area (Å²) in [5.41, 5.74) is 10.3. The highest BCUT2D eigenvalue weighted by Crippen LogP contribution is 2.41. The molecule has 0 amide bonds. The molecule has 0 aromatic heterocycles. The molecule has 1 aliphatic heterocycles. The Morgan fingerprint density at radius 2 is 2.04 bits per heavy atom. The van der Waals surface area contributed by atoms with Crippen molar-refractivity contribution in [3.05, 3.63) is 0 Å². The maximum Gasteiger partial charge on any atom is 0.470 e. The molecular formula is C11H23N4O9P. The molecule has 1 aliphatic rings. The van der Waals surface area contributed by atoms with E-state index in [1.807, 2.05) is 0 Å². The van der Waals surface area contributed by atoms with Crippen molar-refractivity contribution in [1.29, 1.82) is 0 Å². The van der Waals surface area contributed by atoms with E-state index in [0.717, 1.165) is 0 Å². The van der Waals surface area contributed by atoms with Crippen LogP contribution in [0, 0.1) is 0 Å². The van der Waals surface area contributed by atoms with E-state index in [2.05, 4.69) is 14.8 Å². The molecule has 1 heterocycles. The highest BCUT2D eigenvalue weighted by Gasteiger charge is 2.48. The molecule has 0 radical (unpaired) electrons. The first kappa shape index (κ1) is 21.7. The zero-order chi connectivity index (χ0) is 19.2. The second kappa shape index (κ2) is 9.40. The summed E-state index contributed by atoms with van der Waals surface area (Å²) in [5.74, 6) is -1.40. The quantitative estimate of drug-likeness (QED) is 0.0796. The summed E-state index contributed by atoms with van der Waals surface area (Å²) in [5, 5.41) is 30.8. The van der Waals surface area contributed by atoms with Crippen molar-refractivity contribution in [3.8, 4) is 0 Å². The van der Waals surface area contributed by atoms with Gasteiger partial charge in [0.15, 0.2) is 5.96 Å². The number of aliphatic hydroxyl groups is 2. The van der Waals surface area contributed by atoms with Crippen LogP contribution in [0.3, 0.4) is 0 Å². The van der Waals surface area contributed by atoms with Gasteiger partial charge in [-0.2, -0.15) is 0 Å². The Balaban J connectivity index is 2.76. The topological polar surface area (TPSA) is 230 Å². The van der Waals surface area contributed by atoms with Gasteiger partial charge in [-0.15, -0.1) is 0 Å². The summed E-state index contributed by atoms with van der Waals surface area (Å²) in [6.07, 6.45) is -5.32. The lowest BCUT2D eigenvalue weighted by atomic mass is 10.1. The lowest BCUT2D eigenvalue weighted by Gasteiger charge is -2.24. The van der Waals surface area contributed by atoms with Gasteiger partial charge in [-0.1, -0.05) is 0 Å². The number of phosphoric acid groups is 1. The molecule has 5 atom stereocenters. The molecule has 25 heavy (non-hydrogen) atoms. The standard InChI is InChI=1S/C11H23N4O9P/c12-11(13)14-3-1-2-5(10(18)19)15-9-8(24-25(20,21)22)7(17)6(4-16)23-9/h5-9,15-17H,1-4H2,(H,18,19)(H4,12,13,14)(H2,20,21,22)/t5-,6+,7+,8+,9?/m0/s1. The number of nitrogens with two attached hydrogens (primary N) is 2. The summed E-state index contributed by atoms with van der Waals surface area (Å²) in [4.78, 5) is 32.9. The number of hydrogen-bond acceptors (Lipinski definition) is 8. The molecule has 146 valence electrons. The minimum Gasteiger partial charge on any atom is -0.480 e. The Bertz CT molecular complexity index is 524. The third-order valence-electron chi connectivity index (χ3n) is 3.39. The number of nitrogens with one attached hydrogen (secondary N) is 1. The first-order valence-electron chi connectivity index (χ1n) is 7.27. The molecule has 0 spiro atoms. The third kappa shape index (κ3) is 7.22. The van der Waals surface area contributed by atoms with Gasteiger partial charge in [-0.3, -0.25) is 19.6 Å². The van der Waals surface area contributed by atoms with Gasteiger partial charge in [0.05, 0.1) is 6.61 Å². The van der Waals surface area contributed by atoms with Crippen molar-refractivity contribution in [3.63, 3.8) is 0 Å². The van der Waals surface area contributed by atoms with Gasteiger partial charge < -0.3 is 41.3 Å². The maximum atomic E-state index is 11.3. The molecule has 1 saturated heterocycles. The lowest BCUT2D eigenvalue weighted by molar-refractivity contribution is -0.141. The van der Waals surface area contributed by atoms with Crippen molar-refractivity contribution < 1.29 is 43.7 Å². The number of carboxylic acids is 1. The van der Waals surface area contributed by atoms with E-state index in [-0.39, 0.29) is 18.9 Å². The lowest BCUT2D eigenvalue weighted by Crippen LogP contribution is -2.49. The second-order valence-corrected chi connectivity index (χ2v) is 6.53. The fraction of sp³-hybridized carbons (Fsp3) is 0.818. The highest BCUT2D eigenvalue weighted by molar-refractivity contribution is 7.46. The Kier molecular flexibility index (Phi) is 8.18. The summed E-state index contributed by atoms with van der Waals surface area (Å²) >= 11 is 0. The number of aliphatic carboxylic acids is 1. The predicted octanol–water partition coefficient (Wildman–Crippen LogP) is -3.36. The summed E-state index contributed by atoms with van der Waals surface area (Å²) in [7, 11) is -4.99. The molecule has 0 bridgehead atoms. The first-order valence-corrected chi connectivity index (χ1v) is 8.80. The summed E-state index contributed by atoms with van der Waals surface area (Å²) in [6, 6.07) is -1.19. The number of hydrogen-bond donors (Lipinski definition) is 8. The Morgan fingerprint density at radius 3 is 2.52 bits per heavy atom. The van der Waals surface area contributed by atoms with Crippen LogP contribution in [0.5, 0.6) is 0 Å². The van der Waals surface area contributed by atoms with Crippen LogP contribution in [0.2, 0.25) is 0 Å². The highest BCUT2D eigenvalue weighted by atomic mass is 31.2. The van der Waals surface area contributed by atoms with E-state index in [1.54, 1.807) is 0 Å². The number of guanidine groups is 1. The zero-order valence-electron chi connectivity index (χ0n) is 13.1. The van der Waals surface area contributed by atoms with Crippen molar-refractivity contribution in [1.82, 2.24) is 5.32 Å². The molecule has 0 aliphatic carbocycles. The number of ether oxygens (including phenoxy) is 1. The maximum absolute atomic E-state index is 11.3. The average Bonchev–Trinajstić information content (AvgIpc) is 2.76. The SMILES string of the molecule is NC(N)=NCCC[C@H](NC1O[C@H](CO)[C@@H](O)[C@H]1OP(=O)(O)O)C(=O)O. The van der Waals surface area contributed by atoms with Crippen LogP contribution in [-0.2, 0) is 18.6 Å². The van der Waals surface area contributed by atoms with E-state index in [0.29, 0.717) is 6.42 Å². The van der Waals surface area contributed by atoms with Gasteiger partial charge in [0.25, 0.3) is 0 Å². The first-order chi connectivity index (χ1) is 11.5. The van der Waals surface area contributed by atoms with Gasteiger partial charge in [-0.05, 0) is 12.8 Å². The Hall–Kier alpha value is -1.31. The van der Waals surface area contributed by atoms with Gasteiger partial charge in [0.1, 0.15) is 30.6 Å². The number of phosphoric ester groups is 1. The van der Waals surface area contributed by atoms with Gasteiger partial charge >= 0.3 is 13.8 Å². The second-order valence-electron chi connectivity index (χ2n) is 5.34. The molecule has 13 nitrogen and oxygen atoms in total. The number of rotatable bonds is 10. The van der Waals surface area contributed by atoms with Crippen molar-refractivity contribution in [2.45, 2.75) is 43.4 Å². The number of carboxylic acid groups (broad SMARTS) is 1. The molecule has 0 aromatic rings. The van der Waals surface area contributed by atoms with Crippen LogP contribution < -0.4 is 16.8 Å². The summed E-state index contributed by atoms with van der Waals surface area (Å²) in [6.45, 7) is -0.466. The van der Waals surface area contributed by atoms with Gasteiger partial charge in [0, 0.05) is 6.54 Å². The van der Waals surface area contributed by atoms with E-state index < -0.39 is 51.0 Å². The summed E-state index contributed by atoms with van der Waals surface area (Å²) < 4.78 is 20.7. The van der Waals surface area contributed by atoms with Crippen LogP contribution in [-0.4, -0.2) is 80.8 Å². The van der Waals surface area contributed by atoms with Crippen molar-refractivity contribution in [2.75, 3.05) is 13.2 Å². The van der Waals surface area contributed by atoms with E-state index in [1.165, 1.54) is 0 Å². The van der Waals surface area contributed by atoms with Crippen LogP contribution in [0.15, 0.2) is 4.99 Å². The van der Waals surface area contributed by atoms with Gasteiger partial charge in [-0.25, -0.2) is 4.57 Å². The van der Waals surface area contributed by atoms with E-state index in [4.69, 9.17) is 31.1 Å². The monoisotopic (exact) mass is 386 g/mol. The predicted molar refractivity (Wildman–Crippen MR) is 83.1 cm³/mol. The molecule has 0 aromatic carbocycles. The molecule has 0 saturated carbocycles. The zero-order valence-corrected chi connectivity index (χ0v) is 14.0. The average molecular weight is 386 g/mol. The molecule has 1 unspecified atom stereocenters.